The Morgan fingerprint density at radius 1 is 1.04 bits per heavy atom. The molecule has 1 fully saturated rings. The van der Waals surface area contributed by atoms with E-state index in [9.17, 15) is 10.1 Å². The van der Waals surface area contributed by atoms with Crippen LogP contribution in [0.4, 0.5) is 11.4 Å². The van der Waals surface area contributed by atoms with Crippen molar-refractivity contribution >= 4 is 22.4 Å². The van der Waals surface area contributed by atoms with Gasteiger partial charge in [-0.3, -0.25) is 15.0 Å². The number of aromatic nitrogens is 2. The van der Waals surface area contributed by atoms with Gasteiger partial charge in [-0.1, -0.05) is 24.3 Å². The van der Waals surface area contributed by atoms with Gasteiger partial charge in [0, 0.05) is 32.2 Å². The molecule has 1 aliphatic heterocycles. The van der Waals surface area contributed by atoms with Gasteiger partial charge in [-0.2, -0.15) is 0 Å². The fraction of sp³-hybridized carbons (Fsp3) is 0.278. The zero-order valence-electron chi connectivity index (χ0n) is 13.8. The van der Waals surface area contributed by atoms with Gasteiger partial charge in [0.05, 0.1) is 22.5 Å². The zero-order valence-corrected chi connectivity index (χ0v) is 13.8. The smallest absolute Gasteiger partial charge is 0.292 e. The van der Waals surface area contributed by atoms with Crippen LogP contribution >= 0.6 is 0 Å². The van der Waals surface area contributed by atoms with Gasteiger partial charge in [0.2, 0.25) is 0 Å². The highest BCUT2D eigenvalue weighted by molar-refractivity contribution is 5.74. The van der Waals surface area contributed by atoms with Crippen LogP contribution in [0, 0.1) is 10.1 Å². The predicted octanol–water partition coefficient (Wildman–Crippen LogP) is 2.79. The third-order valence-corrected chi connectivity index (χ3v) is 4.60. The molecule has 1 aromatic heterocycles. The second kappa shape index (κ2) is 6.52. The fourth-order valence-corrected chi connectivity index (χ4v) is 3.33. The third-order valence-electron chi connectivity index (χ3n) is 4.60. The van der Waals surface area contributed by atoms with Crippen LogP contribution < -0.4 is 4.90 Å². The maximum absolute atomic E-state index is 11.2. The molecule has 0 radical (unpaired) electrons. The Labute approximate surface area is 145 Å². The summed E-state index contributed by atoms with van der Waals surface area (Å²) in [7, 11) is 0. The van der Waals surface area contributed by atoms with Gasteiger partial charge in [-0.05, 0) is 18.2 Å². The lowest BCUT2D eigenvalue weighted by atomic mass is 10.2. The van der Waals surface area contributed by atoms with Crippen LogP contribution in [0.25, 0.3) is 11.0 Å². The molecule has 0 saturated carbocycles. The molecule has 128 valence electrons. The van der Waals surface area contributed by atoms with Gasteiger partial charge in [0.1, 0.15) is 11.5 Å². The first-order valence-electron chi connectivity index (χ1n) is 8.35. The van der Waals surface area contributed by atoms with Crippen molar-refractivity contribution in [3.63, 3.8) is 0 Å². The molecule has 2 heterocycles. The minimum atomic E-state index is -0.309. The summed E-state index contributed by atoms with van der Waals surface area (Å²) in [4.78, 5) is 23.3. The highest BCUT2D eigenvalue weighted by atomic mass is 16.6. The first-order valence-corrected chi connectivity index (χ1v) is 8.35. The van der Waals surface area contributed by atoms with E-state index in [0.29, 0.717) is 5.69 Å². The Bertz CT molecular complexity index is 866. The van der Waals surface area contributed by atoms with E-state index in [0.717, 1.165) is 49.6 Å². The molecule has 1 saturated heterocycles. The van der Waals surface area contributed by atoms with Gasteiger partial charge >= 0.3 is 0 Å². The van der Waals surface area contributed by atoms with Gasteiger partial charge in [0.15, 0.2) is 0 Å². The van der Waals surface area contributed by atoms with E-state index in [-0.39, 0.29) is 10.6 Å². The zero-order chi connectivity index (χ0) is 17.2. The van der Waals surface area contributed by atoms with Crippen LogP contribution in [0.1, 0.15) is 5.82 Å². The topological polar surface area (TPSA) is 78.3 Å². The van der Waals surface area contributed by atoms with Crippen LogP contribution in [0.15, 0.2) is 48.5 Å². The average molecular weight is 337 g/mol. The average Bonchev–Trinajstić information content (AvgIpc) is 3.04. The van der Waals surface area contributed by atoms with Crippen molar-refractivity contribution in [3.8, 4) is 0 Å². The van der Waals surface area contributed by atoms with Crippen molar-refractivity contribution in [3.05, 3.63) is 64.5 Å². The number of hydrogen-bond acceptors (Lipinski definition) is 5. The number of fused-ring (bicyclic) bond motifs is 1. The van der Waals surface area contributed by atoms with Crippen LogP contribution in [-0.2, 0) is 6.54 Å². The van der Waals surface area contributed by atoms with Gasteiger partial charge in [-0.15, -0.1) is 0 Å². The number of nitro groups is 1. The Kier molecular flexibility index (Phi) is 4.07. The number of piperazine rings is 1. The quantitative estimate of drug-likeness (QED) is 0.585. The number of nitrogens with one attached hydrogen (secondary N) is 1. The summed E-state index contributed by atoms with van der Waals surface area (Å²) in [6.07, 6.45) is 0. The normalized spacial score (nSPS) is 15.6. The van der Waals surface area contributed by atoms with Crippen molar-refractivity contribution in [1.29, 1.82) is 0 Å². The number of H-pyrrole nitrogens is 1. The van der Waals surface area contributed by atoms with Crippen LogP contribution in [0.2, 0.25) is 0 Å². The molecule has 2 aromatic carbocycles. The molecule has 0 atom stereocenters. The summed E-state index contributed by atoms with van der Waals surface area (Å²) in [5.41, 5.74) is 2.91. The lowest BCUT2D eigenvalue weighted by Gasteiger charge is -2.35. The van der Waals surface area contributed by atoms with Crippen molar-refractivity contribution in [2.75, 3.05) is 31.1 Å². The summed E-state index contributed by atoms with van der Waals surface area (Å²) in [6.45, 7) is 4.00. The van der Waals surface area contributed by atoms with E-state index in [2.05, 4.69) is 19.8 Å². The second-order valence-electron chi connectivity index (χ2n) is 6.21. The highest BCUT2D eigenvalue weighted by Crippen LogP contribution is 2.28. The molecule has 1 aliphatic rings. The summed E-state index contributed by atoms with van der Waals surface area (Å²) in [5, 5.41) is 11.2. The first-order chi connectivity index (χ1) is 12.2. The van der Waals surface area contributed by atoms with E-state index in [4.69, 9.17) is 0 Å². The molecular weight excluding hydrogens is 318 g/mol. The number of para-hydroxylation sites is 4. The molecule has 0 unspecified atom stereocenters. The molecule has 7 nitrogen and oxygen atoms in total. The molecule has 0 amide bonds. The van der Waals surface area contributed by atoms with Gasteiger partial charge in [-0.25, -0.2) is 4.98 Å². The number of rotatable bonds is 4. The fourth-order valence-electron chi connectivity index (χ4n) is 3.33. The van der Waals surface area contributed by atoms with E-state index in [1.807, 2.05) is 36.4 Å². The number of imidazole rings is 1. The first kappa shape index (κ1) is 15.6. The molecular formula is C18H19N5O2. The summed E-state index contributed by atoms with van der Waals surface area (Å²) < 4.78 is 0. The maximum Gasteiger partial charge on any atom is 0.292 e. The van der Waals surface area contributed by atoms with E-state index < -0.39 is 0 Å². The lowest BCUT2D eigenvalue weighted by molar-refractivity contribution is -0.384. The van der Waals surface area contributed by atoms with Crippen molar-refractivity contribution in [1.82, 2.24) is 14.9 Å². The van der Waals surface area contributed by atoms with Gasteiger partial charge in [0.25, 0.3) is 5.69 Å². The second-order valence-corrected chi connectivity index (χ2v) is 6.21. The molecule has 4 rings (SSSR count). The Hall–Kier alpha value is -2.93. The Balaban J connectivity index is 1.42. The number of hydrogen-bond donors (Lipinski definition) is 1. The minimum Gasteiger partial charge on any atom is -0.363 e. The maximum atomic E-state index is 11.2. The molecule has 25 heavy (non-hydrogen) atoms. The number of benzene rings is 2. The summed E-state index contributed by atoms with van der Waals surface area (Å²) in [6, 6.07) is 15.0. The lowest BCUT2D eigenvalue weighted by Crippen LogP contribution is -2.46. The van der Waals surface area contributed by atoms with E-state index >= 15 is 0 Å². The molecule has 7 heteroatoms. The van der Waals surface area contributed by atoms with Crippen molar-refractivity contribution in [2.24, 2.45) is 0 Å². The highest BCUT2D eigenvalue weighted by Gasteiger charge is 2.23. The number of nitro benzene ring substituents is 1. The predicted molar refractivity (Wildman–Crippen MR) is 96.7 cm³/mol. The summed E-state index contributed by atoms with van der Waals surface area (Å²) >= 11 is 0. The largest absolute Gasteiger partial charge is 0.363 e. The van der Waals surface area contributed by atoms with Crippen LogP contribution in [0.3, 0.4) is 0 Å². The summed E-state index contributed by atoms with van der Waals surface area (Å²) in [5.74, 6) is 0.959. The SMILES string of the molecule is O=[N+]([O-])c1ccccc1N1CCN(Cc2nc3ccccc3[nH]2)CC1. The molecule has 1 N–H and O–H groups in total. The minimum absolute atomic E-state index is 0.174. The molecule has 0 aliphatic carbocycles. The number of nitrogens with zero attached hydrogens (tertiary/aromatic N) is 4. The van der Waals surface area contributed by atoms with E-state index in [1.54, 1.807) is 12.1 Å². The van der Waals surface area contributed by atoms with Crippen LogP contribution in [-0.4, -0.2) is 46.0 Å². The molecule has 0 spiro atoms. The number of anilines is 1. The van der Waals surface area contributed by atoms with Crippen molar-refractivity contribution in [2.45, 2.75) is 6.54 Å². The van der Waals surface area contributed by atoms with E-state index in [1.165, 1.54) is 0 Å². The monoisotopic (exact) mass is 337 g/mol. The third kappa shape index (κ3) is 3.18. The Morgan fingerprint density at radius 3 is 2.52 bits per heavy atom. The molecule has 3 aromatic rings. The van der Waals surface area contributed by atoms with Crippen LogP contribution in [0.5, 0.6) is 0 Å². The standard InChI is InChI=1S/C18H19N5O2/c24-23(25)17-8-4-3-7-16(17)22-11-9-21(10-12-22)13-18-19-14-5-1-2-6-15(14)20-18/h1-8H,9-13H2,(H,19,20). The van der Waals surface area contributed by atoms with Crippen molar-refractivity contribution < 1.29 is 4.92 Å². The molecule has 0 bridgehead atoms. The number of aromatic amines is 1. The Morgan fingerprint density at radius 2 is 1.76 bits per heavy atom. The van der Waals surface area contributed by atoms with Gasteiger partial charge < -0.3 is 9.88 Å².